The third kappa shape index (κ3) is 2.68. The summed E-state index contributed by atoms with van der Waals surface area (Å²) in [6.45, 7) is 4.82. The Morgan fingerprint density at radius 3 is 2.67 bits per heavy atom. The number of rotatable bonds is 3. The van der Waals surface area contributed by atoms with Crippen molar-refractivity contribution in [3.05, 3.63) is 18.0 Å². The zero-order chi connectivity index (χ0) is 13.1. The van der Waals surface area contributed by atoms with Crippen molar-refractivity contribution in [2.24, 2.45) is 5.73 Å². The molecule has 2 N–H and O–H groups in total. The molecule has 0 aromatic carbocycles. The molecule has 1 aromatic rings. The molecule has 2 heterocycles. The molecule has 1 saturated heterocycles. The van der Waals surface area contributed by atoms with E-state index in [1.165, 1.54) is 6.26 Å². The van der Waals surface area contributed by atoms with Crippen LogP contribution < -0.4 is 5.73 Å². The molecule has 1 aromatic heterocycles. The lowest BCUT2D eigenvalue weighted by Gasteiger charge is -2.37. The van der Waals surface area contributed by atoms with E-state index >= 15 is 0 Å². The number of hydrogen-bond donors (Lipinski definition) is 1. The van der Waals surface area contributed by atoms with E-state index in [2.05, 4.69) is 14.6 Å². The Hall–Kier alpha value is -1.47. The van der Waals surface area contributed by atoms with Gasteiger partial charge in [-0.3, -0.25) is 9.69 Å². The number of hydrogen-bond acceptors (Lipinski definition) is 5. The molecule has 0 aliphatic carbocycles. The van der Waals surface area contributed by atoms with E-state index in [9.17, 15) is 4.79 Å². The first kappa shape index (κ1) is 13.0. The SMILES string of the molecule is CC(C(N)=S)N1CCN(C(=O)c2ccon2)CC1. The van der Waals surface area contributed by atoms with Crippen LogP contribution in [0.25, 0.3) is 0 Å². The smallest absolute Gasteiger partial charge is 0.276 e. The molecule has 6 nitrogen and oxygen atoms in total. The molecular weight excluding hydrogens is 252 g/mol. The molecule has 2 rings (SSSR count). The molecular formula is C11H16N4O2S. The van der Waals surface area contributed by atoms with E-state index in [-0.39, 0.29) is 11.9 Å². The summed E-state index contributed by atoms with van der Waals surface area (Å²) in [5, 5.41) is 3.65. The van der Waals surface area contributed by atoms with Gasteiger partial charge in [0.1, 0.15) is 6.26 Å². The maximum absolute atomic E-state index is 12.0. The van der Waals surface area contributed by atoms with Crippen molar-refractivity contribution in [3.63, 3.8) is 0 Å². The first-order valence-corrected chi connectivity index (χ1v) is 6.23. The second kappa shape index (κ2) is 5.45. The van der Waals surface area contributed by atoms with E-state index in [4.69, 9.17) is 18.0 Å². The predicted octanol–water partition coefficient (Wildman–Crippen LogP) is 0.107. The molecule has 0 spiro atoms. The van der Waals surface area contributed by atoms with Gasteiger partial charge in [-0.2, -0.15) is 0 Å². The van der Waals surface area contributed by atoms with Crippen LogP contribution >= 0.6 is 12.2 Å². The van der Waals surface area contributed by atoms with Crippen LogP contribution in [-0.2, 0) is 0 Å². The second-order valence-corrected chi connectivity index (χ2v) is 4.76. The lowest BCUT2D eigenvalue weighted by atomic mass is 10.2. The minimum atomic E-state index is -0.0913. The summed E-state index contributed by atoms with van der Waals surface area (Å²) in [4.78, 5) is 16.4. The first-order chi connectivity index (χ1) is 8.59. The van der Waals surface area contributed by atoms with Crippen molar-refractivity contribution >= 4 is 23.1 Å². The van der Waals surface area contributed by atoms with E-state index < -0.39 is 0 Å². The van der Waals surface area contributed by atoms with Gasteiger partial charge in [0.05, 0.1) is 11.0 Å². The summed E-state index contributed by atoms with van der Waals surface area (Å²) in [5.74, 6) is -0.0913. The van der Waals surface area contributed by atoms with Gasteiger partial charge in [0.15, 0.2) is 5.69 Å². The molecule has 1 unspecified atom stereocenters. The molecule has 0 saturated carbocycles. The van der Waals surface area contributed by atoms with Crippen LogP contribution in [0.5, 0.6) is 0 Å². The zero-order valence-corrected chi connectivity index (χ0v) is 11.0. The van der Waals surface area contributed by atoms with E-state index in [0.29, 0.717) is 23.8 Å². The summed E-state index contributed by atoms with van der Waals surface area (Å²) >= 11 is 4.98. The van der Waals surface area contributed by atoms with Crippen LogP contribution in [-0.4, -0.2) is 58.1 Å². The second-order valence-electron chi connectivity index (χ2n) is 4.29. The molecule has 18 heavy (non-hydrogen) atoms. The number of nitrogens with zero attached hydrogens (tertiary/aromatic N) is 3. The Labute approximate surface area is 111 Å². The van der Waals surface area contributed by atoms with Gasteiger partial charge >= 0.3 is 0 Å². The highest BCUT2D eigenvalue weighted by molar-refractivity contribution is 7.80. The summed E-state index contributed by atoms with van der Waals surface area (Å²) in [5.41, 5.74) is 5.98. The Morgan fingerprint density at radius 1 is 1.50 bits per heavy atom. The number of carbonyl (C=O) groups is 1. The summed E-state index contributed by atoms with van der Waals surface area (Å²) in [6, 6.07) is 1.65. The van der Waals surface area contributed by atoms with Crippen molar-refractivity contribution in [2.45, 2.75) is 13.0 Å². The molecule has 1 aliphatic heterocycles. The van der Waals surface area contributed by atoms with Gasteiger partial charge in [-0.15, -0.1) is 0 Å². The molecule has 1 fully saturated rings. The number of aromatic nitrogens is 1. The van der Waals surface area contributed by atoms with Crippen LogP contribution in [0.2, 0.25) is 0 Å². The predicted molar refractivity (Wildman–Crippen MR) is 70.2 cm³/mol. The number of carbonyl (C=O) groups excluding carboxylic acids is 1. The highest BCUT2D eigenvalue weighted by atomic mass is 32.1. The Kier molecular flexibility index (Phi) is 3.93. The number of piperazine rings is 1. The molecule has 98 valence electrons. The standard InChI is InChI=1S/C11H16N4O2S/c1-8(10(12)18)14-3-5-15(6-4-14)11(16)9-2-7-17-13-9/h2,7-8H,3-6H2,1H3,(H2,12,18). The van der Waals surface area contributed by atoms with Crippen LogP contribution in [0.1, 0.15) is 17.4 Å². The van der Waals surface area contributed by atoms with Crippen molar-refractivity contribution in [1.82, 2.24) is 15.0 Å². The lowest BCUT2D eigenvalue weighted by Crippen LogP contribution is -2.54. The summed E-state index contributed by atoms with van der Waals surface area (Å²) in [7, 11) is 0. The first-order valence-electron chi connectivity index (χ1n) is 5.82. The largest absolute Gasteiger partial charge is 0.392 e. The van der Waals surface area contributed by atoms with Gasteiger partial charge in [-0.1, -0.05) is 17.4 Å². The number of nitrogens with two attached hydrogens (primary N) is 1. The third-order valence-electron chi connectivity index (χ3n) is 3.22. The molecule has 1 atom stereocenters. The van der Waals surface area contributed by atoms with E-state index in [0.717, 1.165) is 13.1 Å². The minimum absolute atomic E-state index is 0.0734. The van der Waals surface area contributed by atoms with Crippen LogP contribution in [0, 0.1) is 0 Å². The maximum atomic E-state index is 12.0. The van der Waals surface area contributed by atoms with Crippen molar-refractivity contribution in [2.75, 3.05) is 26.2 Å². The number of thiocarbonyl (C=S) groups is 1. The quantitative estimate of drug-likeness (QED) is 0.784. The van der Waals surface area contributed by atoms with E-state index in [1.807, 2.05) is 6.92 Å². The average molecular weight is 268 g/mol. The van der Waals surface area contributed by atoms with Crippen molar-refractivity contribution in [1.29, 1.82) is 0 Å². The maximum Gasteiger partial charge on any atom is 0.276 e. The molecule has 1 aliphatic rings. The van der Waals surface area contributed by atoms with E-state index in [1.54, 1.807) is 11.0 Å². The monoisotopic (exact) mass is 268 g/mol. The van der Waals surface area contributed by atoms with Gasteiger partial charge in [-0.25, -0.2) is 0 Å². The van der Waals surface area contributed by atoms with Gasteiger partial charge in [0.25, 0.3) is 5.91 Å². The number of amides is 1. The summed E-state index contributed by atoms with van der Waals surface area (Å²) in [6.07, 6.45) is 1.40. The molecule has 0 radical (unpaired) electrons. The Morgan fingerprint density at radius 2 is 2.17 bits per heavy atom. The van der Waals surface area contributed by atoms with Crippen molar-refractivity contribution < 1.29 is 9.32 Å². The molecule has 7 heteroatoms. The fourth-order valence-electron chi connectivity index (χ4n) is 1.98. The highest BCUT2D eigenvalue weighted by Gasteiger charge is 2.26. The van der Waals surface area contributed by atoms with Crippen LogP contribution in [0.15, 0.2) is 16.9 Å². The minimum Gasteiger partial charge on any atom is -0.392 e. The molecule has 1 amide bonds. The molecule has 0 bridgehead atoms. The normalized spacial score (nSPS) is 18.6. The fraction of sp³-hybridized carbons (Fsp3) is 0.545. The third-order valence-corrected chi connectivity index (χ3v) is 3.56. The summed E-state index contributed by atoms with van der Waals surface area (Å²) < 4.78 is 4.68. The van der Waals surface area contributed by atoms with Gasteiger partial charge in [-0.05, 0) is 6.92 Å². The Balaban J connectivity index is 1.91. The van der Waals surface area contributed by atoms with Crippen molar-refractivity contribution in [3.8, 4) is 0 Å². The van der Waals surface area contributed by atoms with Gasteiger partial charge in [0, 0.05) is 32.2 Å². The average Bonchev–Trinajstić information content (AvgIpc) is 2.91. The van der Waals surface area contributed by atoms with Crippen LogP contribution in [0.4, 0.5) is 0 Å². The lowest BCUT2D eigenvalue weighted by molar-refractivity contribution is 0.0612. The fourth-order valence-corrected chi connectivity index (χ4v) is 2.13. The van der Waals surface area contributed by atoms with Crippen LogP contribution in [0.3, 0.4) is 0 Å². The topological polar surface area (TPSA) is 75.6 Å². The Bertz CT molecular complexity index is 426. The van der Waals surface area contributed by atoms with Gasteiger partial charge < -0.3 is 15.2 Å². The van der Waals surface area contributed by atoms with Gasteiger partial charge in [0.2, 0.25) is 0 Å². The highest BCUT2D eigenvalue weighted by Crippen LogP contribution is 2.09. The zero-order valence-electron chi connectivity index (χ0n) is 10.2.